The molecule has 0 atom stereocenters. The predicted octanol–water partition coefficient (Wildman–Crippen LogP) is 1.12. The second-order valence-electron chi connectivity index (χ2n) is 2.42. The van der Waals surface area contributed by atoms with Crippen LogP contribution in [0.4, 0.5) is 0 Å². The van der Waals surface area contributed by atoms with Crippen LogP contribution in [0, 0.1) is 0 Å². The number of methoxy groups -OCH3 is 2. The van der Waals surface area contributed by atoms with Crippen molar-refractivity contribution in [2.45, 2.75) is 0 Å². The Bertz CT molecular complexity index is 397. The molecule has 1 aromatic heterocycles. The summed E-state index contributed by atoms with van der Waals surface area (Å²) in [4.78, 5) is 25.7. The fourth-order valence-electron chi connectivity index (χ4n) is 0.770. The van der Waals surface area contributed by atoms with E-state index in [4.69, 9.17) is 0 Å². The molecule has 0 bridgehead atoms. The second-order valence-corrected chi connectivity index (χ2v) is 3.31. The van der Waals surface area contributed by atoms with E-state index in [0.29, 0.717) is 5.01 Å². The van der Waals surface area contributed by atoms with Crippen molar-refractivity contribution in [3.8, 4) is 0 Å². The first-order chi connectivity index (χ1) is 7.17. The molecule has 0 N–H and O–H groups in total. The summed E-state index contributed by atoms with van der Waals surface area (Å²) in [6.07, 6.45) is 2.71. The Morgan fingerprint density at radius 3 is 2.73 bits per heavy atom. The van der Waals surface area contributed by atoms with E-state index in [1.807, 2.05) is 0 Å². The van der Waals surface area contributed by atoms with Gasteiger partial charge in [0.25, 0.3) is 0 Å². The maximum absolute atomic E-state index is 11.0. The average molecular weight is 227 g/mol. The van der Waals surface area contributed by atoms with Gasteiger partial charge in [-0.2, -0.15) is 0 Å². The van der Waals surface area contributed by atoms with Gasteiger partial charge in [-0.3, -0.25) is 0 Å². The minimum atomic E-state index is -0.496. The van der Waals surface area contributed by atoms with Gasteiger partial charge in [-0.25, -0.2) is 14.6 Å². The molecule has 0 saturated carbocycles. The maximum Gasteiger partial charge on any atom is 0.357 e. The van der Waals surface area contributed by atoms with Crippen LogP contribution >= 0.6 is 11.3 Å². The van der Waals surface area contributed by atoms with Gasteiger partial charge >= 0.3 is 11.9 Å². The summed E-state index contributed by atoms with van der Waals surface area (Å²) in [5, 5.41) is 2.10. The predicted molar refractivity (Wildman–Crippen MR) is 54.5 cm³/mol. The third kappa shape index (κ3) is 3.17. The molecule has 0 spiro atoms. The Labute approximate surface area is 90.3 Å². The lowest BCUT2D eigenvalue weighted by Gasteiger charge is -1.90. The van der Waals surface area contributed by atoms with Gasteiger partial charge in [-0.05, 0) is 6.08 Å². The number of thiazole rings is 1. The fraction of sp³-hybridized carbons (Fsp3) is 0.222. The van der Waals surface area contributed by atoms with Crippen molar-refractivity contribution < 1.29 is 19.1 Å². The van der Waals surface area contributed by atoms with Crippen LogP contribution in [0.3, 0.4) is 0 Å². The molecule has 0 aliphatic heterocycles. The van der Waals surface area contributed by atoms with Crippen molar-refractivity contribution in [1.82, 2.24) is 4.98 Å². The van der Waals surface area contributed by atoms with Crippen LogP contribution in [0.25, 0.3) is 6.08 Å². The highest BCUT2D eigenvalue weighted by Crippen LogP contribution is 2.12. The van der Waals surface area contributed by atoms with Crippen LogP contribution in [0.15, 0.2) is 11.5 Å². The van der Waals surface area contributed by atoms with Gasteiger partial charge in [0.05, 0.1) is 14.2 Å². The Hall–Kier alpha value is -1.69. The van der Waals surface area contributed by atoms with Crippen LogP contribution in [-0.4, -0.2) is 31.1 Å². The van der Waals surface area contributed by atoms with Gasteiger partial charge in [0.2, 0.25) is 0 Å². The lowest BCUT2D eigenvalue weighted by Crippen LogP contribution is -2.01. The standard InChI is InChI=1S/C9H9NO4S/c1-13-8(11)4-3-7-10-6(5-15-7)9(12)14-2/h3-5H,1-2H3. The first-order valence-electron chi connectivity index (χ1n) is 3.97. The zero-order valence-electron chi connectivity index (χ0n) is 8.22. The molecule has 6 heteroatoms. The molecule has 0 radical (unpaired) electrons. The van der Waals surface area contributed by atoms with Crippen LogP contribution in [0.5, 0.6) is 0 Å². The first kappa shape index (κ1) is 11.4. The number of hydrogen-bond acceptors (Lipinski definition) is 6. The summed E-state index contributed by atoms with van der Waals surface area (Å²) in [6.45, 7) is 0. The van der Waals surface area contributed by atoms with Gasteiger partial charge in [-0.1, -0.05) is 0 Å². The number of aromatic nitrogens is 1. The van der Waals surface area contributed by atoms with Crippen molar-refractivity contribution in [1.29, 1.82) is 0 Å². The number of nitrogens with zero attached hydrogens (tertiary/aromatic N) is 1. The zero-order valence-corrected chi connectivity index (χ0v) is 9.04. The number of carbonyl (C=O) groups is 2. The quantitative estimate of drug-likeness (QED) is 0.571. The number of hydrogen-bond donors (Lipinski definition) is 0. The van der Waals surface area contributed by atoms with Gasteiger partial charge in [0, 0.05) is 11.5 Å². The SMILES string of the molecule is COC(=O)C=Cc1nc(C(=O)OC)cs1. The molecule has 0 fully saturated rings. The first-order valence-corrected chi connectivity index (χ1v) is 4.85. The molecule has 0 saturated heterocycles. The molecule has 1 aromatic rings. The normalized spacial score (nSPS) is 10.3. The summed E-state index contributed by atoms with van der Waals surface area (Å²) in [7, 11) is 2.57. The average Bonchev–Trinajstić information content (AvgIpc) is 2.73. The third-order valence-corrected chi connectivity index (χ3v) is 2.29. The van der Waals surface area contributed by atoms with E-state index < -0.39 is 11.9 Å². The Balaban J connectivity index is 2.72. The number of ether oxygens (including phenoxy) is 2. The molecule has 15 heavy (non-hydrogen) atoms. The minimum absolute atomic E-state index is 0.229. The van der Waals surface area contributed by atoms with E-state index in [1.54, 1.807) is 5.38 Å². The molecule has 0 unspecified atom stereocenters. The van der Waals surface area contributed by atoms with E-state index in [-0.39, 0.29) is 5.69 Å². The molecule has 0 amide bonds. The highest BCUT2D eigenvalue weighted by atomic mass is 32.1. The second kappa shape index (κ2) is 5.26. The van der Waals surface area contributed by atoms with Crippen molar-refractivity contribution in [2.75, 3.05) is 14.2 Å². The van der Waals surface area contributed by atoms with Gasteiger partial charge in [-0.15, -0.1) is 11.3 Å². The monoisotopic (exact) mass is 227 g/mol. The van der Waals surface area contributed by atoms with E-state index in [1.165, 1.54) is 37.7 Å². The van der Waals surface area contributed by atoms with E-state index in [9.17, 15) is 9.59 Å². The van der Waals surface area contributed by atoms with E-state index >= 15 is 0 Å². The Morgan fingerprint density at radius 1 is 1.40 bits per heavy atom. The maximum atomic E-state index is 11.0. The summed E-state index contributed by atoms with van der Waals surface area (Å²) >= 11 is 1.24. The summed E-state index contributed by atoms with van der Waals surface area (Å²) in [5.74, 6) is -0.964. The molecule has 80 valence electrons. The largest absolute Gasteiger partial charge is 0.466 e. The van der Waals surface area contributed by atoms with Gasteiger partial charge < -0.3 is 9.47 Å². The highest BCUT2D eigenvalue weighted by molar-refractivity contribution is 7.10. The molecule has 0 aliphatic carbocycles. The van der Waals surface area contributed by atoms with Crippen LogP contribution < -0.4 is 0 Å². The molecule has 1 rings (SSSR count). The molecule has 0 aliphatic rings. The topological polar surface area (TPSA) is 65.5 Å². The molecular formula is C9H9NO4S. The van der Waals surface area contributed by atoms with E-state index in [2.05, 4.69) is 14.5 Å². The molecule has 0 aromatic carbocycles. The smallest absolute Gasteiger partial charge is 0.357 e. The van der Waals surface area contributed by atoms with Crippen LogP contribution in [0.1, 0.15) is 15.5 Å². The van der Waals surface area contributed by atoms with Crippen LogP contribution in [0.2, 0.25) is 0 Å². The van der Waals surface area contributed by atoms with Crippen molar-refractivity contribution in [2.24, 2.45) is 0 Å². The van der Waals surface area contributed by atoms with Crippen molar-refractivity contribution in [3.05, 3.63) is 22.2 Å². The van der Waals surface area contributed by atoms with Gasteiger partial charge in [0.15, 0.2) is 5.69 Å². The van der Waals surface area contributed by atoms with Crippen molar-refractivity contribution in [3.63, 3.8) is 0 Å². The number of rotatable bonds is 3. The molecule has 1 heterocycles. The Morgan fingerprint density at radius 2 is 2.13 bits per heavy atom. The molecule has 5 nitrogen and oxygen atoms in total. The number of esters is 2. The minimum Gasteiger partial charge on any atom is -0.466 e. The van der Waals surface area contributed by atoms with E-state index in [0.717, 1.165) is 0 Å². The van der Waals surface area contributed by atoms with Crippen LogP contribution in [-0.2, 0) is 14.3 Å². The lowest BCUT2D eigenvalue weighted by atomic mass is 10.5. The zero-order chi connectivity index (χ0) is 11.3. The van der Waals surface area contributed by atoms with Crippen molar-refractivity contribution >= 4 is 29.4 Å². The summed E-state index contributed by atoms with van der Waals surface area (Å²) in [5.41, 5.74) is 0.229. The van der Waals surface area contributed by atoms with Gasteiger partial charge in [0.1, 0.15) is 5.01 Å². The number of carbonyl (C=O) groups excluding carboxylic acids is 2. The fourth-order valence-corrected chi connectivity index (χ4v) is 1.45. The summed E-state index contributed by atoms with van der Waals surface area (Å²) < 4.78 is 8.89. The lowest BCUT2D eigenvalue weighted by molar-refractivity contribution is -0.134. The third-order valence-electron chi connectivity index (χ3n) is 1.48. The highest BCUT2D eigenvalue weighted by Gasteiger charge is 2.08. The summed E-state index contributed by atoms with van der Waals surface area (Å²) in [6, 6.07) is 0. The molecular weight excluding hydrogens is 218 g/mol. The Kier molecular flexibility index (Phi) is 3.99.